The van der Waals surface area contributed by atoms with Crippen molar-refractivity contribution in [3.8, 4) is 6.07 Å². The molecule has 0 unspecified atom stereocenters. The second-order valence-corrected chi connectivity index (χ2v) is 3.51. The Kier molecular flexibility index (Phi) is 3.31. The van der Waals surface area contributed by atoms with Gasteiger partial charge < -0.3 is 5.32 Å². The van der Waals surface area contributed by atoms with Gasteiger partial charge in [0.1, 0.15) is 11.8 Å². The van der Waals surface area contributed by atoms with Crippen molar-refractivity contribution in [2.45, 2.75) is 13.3 Å². The summed E-state index contributed by atoms with van der Waals surface area (Å²) in [5, 5.41) is 11.9. The Morgan fingerprint density at radius 3 is 2.88 bits per heavy atom. The zero-order chi connectivity index (χ0) is 12.1. The monoisotopic (exact) mass is 224 g/mol. The van der Waals surface area contributed by atoms with E-state index in [4.69, 9.17) is 5.26 Å². The highest BCUT2D eigenvalue weighted by molar-refractivity contribution is 5.58. The summed E-state index contributed by atoms with van der Waals surface area (Å²) in [6.45, 7) is 2.09. The molecule has 0 aliphatic carbocycles. The molecule has 0 saturated heterocycles. The average Bonchev–Trinajstić information content (AvgIpc) is 2.39. The molecule has 0 aliphatic heterocycles. The summed E-state index contributed by atoms with van der Waals surface area (Å²) in [5.41, 5.74) is 2.53. The van der Waals surface area contributed by atoms with Crippen LogP contribution in [0.2, 0.25) is 0 Å². The number of aromatic nitrogens is 2. The van der Waals surface area contributed by atoms with E-state index in [9.17, 15) is 0 Å². The van der Waals surface area contributed by atoms with Gasteiger partial charge in [0.15, 0.2) is 0 Å². The highest BCUT2D eigenvalue weighted by atomic mass is 15.1. The summed E-state index contributed by atoms with van der Waals surface area (Å²) in [6.07, 6.45) is 2.50. The van der Waals surface area contributed by atoms with Gasteiger partial charge >= 0.3 is 0 Å². The van der Waals surface area contributed by atoms with E-state index in [0.717, 1.165) is 12.1 Å². The number of rotatable bonds is 3. The molecule has 84 valence electrons. The van der Waals surface area contributed by atoms with Gasteiger partial charge in [-0.05, 0) is 24.1 Å². The molecule has 0 spiro atoms. The molecule has 0 bridgehead atoms. The summed E-state index contributed by atoms with van der Waals surface area (Å²) in [7, 11) is 0. The first-order valence-electron chi connectivity index (χ1n) is 5.41. The summed E-state index contributed by atoms with van der Waals surface area (Å²) in [5.74, 6) is 0.449. The van der Waals surface area contributed by atoms with E-state index in [0.29, 0.717) is 11.6 Å². The molecule has 0 fully saturated rings. The molecule has 0 aliphatic rings. The van der Waals surface area contributed by atoms with Crippen molar-refractivity contribution >= 4 is 11.6 Å². The minimum absolute atomic E-state index is 0.358. The van der Waals surface area contributed by atoms with Crippen LogP contribution in [0.15, 0.2) is 36.5 Å². The molecule has 0 amide bonds. The first-order chi connectivity index (χ1) is 8.33. The lowest BCUT2D eigenvalue weighted by Gasteiger charge is -2.08. The molecule has 0 atom stereocenters. The van der Waals surface area contributed by atoms with Crippen molar-refractivity contribution < 1.29 is 0 Å². The minimum Gasteiger partial charge on any atom is -0.324 e. The summed E-state index contributed by atoms with van der Waals surface area (Å²) < 4.78 is 0. The van der Waals surface area contributed by atoms with E-state index < -0.39 is 0 Å². The maximum atomic E-state index is 8.76. The number of hydrogen-bond acceptors (Lipinski definition) is 4. The van der Waals surface area contributed by atoms with Crippen LogP contribution in [0.25, 0.3) is 0 Å². The number of aryl methyl sites for hydroxylation is 1. The predicted molar refractivity (Wildman–Crippen MR) is 65.8 cm³/mol. The second-order valence-electron chi connectivity index (χ2n) is 3.51. The number of anilines is 2. The molecule has 2 aromatic rings. The van der Waals surface area contributed by atoms with Gasteiger partial charge in [-0.2, -0.15) is 5.26 Å². The molecule has 0 radical (unpaired) electrons. The fourth-order valence-electron chi connectivity index (χ4n) is 1.55. The molecule has 17 heavy (non-hydrogen) atoms. The zero-order valence-electron chi connectivity index (χ0n) is 9.51. The van der Waals surface area contributed by atoms with E-state index in [-0.39, 0.29) is 0 Å². The van der Waals surface area contributed by atoms with Gasteiger partial charge in [0, 0.05) is 11.9 Å². The van der Waals surface area contributed by atoms with Crippen molar-refractivity contribution in [2.24, 2.45) is 0 Å². The number of nitriles is 1. The smallest absolute Gasteiger partial charge is 0.228 e. The summed E-state index contributed by atoms with van der Waals surface area (Å²) >= 11 is 0. The second kappa shape index (κ2) is 5.08. The molecule has 1 aromatic heterocycles. The van der Waals surface area contributed by atoms with Gasteiger partial charge in [-0.3, -0.25) is 0 Å². The summed E-state index contributed by atoms with van der Waals surface area (Å²) in [6, 6.07) is 11.5. The Labute approximate surface area is 100.0 Å². The van der Waals surface area contributed by atoms with E-state index >= 15 is 0 Å². The number of para-hydroxylation sites is 1. The number of hydrogen-bond donors (Lipinski definition) is 1. The van der Waals surface area contributed by atoms with Crippen molar-refractivity contribution in [2.75, 3.05) is 5.32 Å². The molecule has 0 saturated carbocycles. The fraction of sp³-hybridized carbons (Fsp3) is 0.154. The predicted octanol–water partition coefficient (Wildman–Crippen LogP) is 2.65. The highest BCUT2D eigenvalue weighted by Gasteiger charge is 2.02. The Balaban J connectivity index is 2.28. The minimum atomic E-state index is 0.358. The van der Waals surface area contributed by atoms with Gasteiger partial charge in [0.05, 0.1) is 0 Å². The first kappa shape index (κ1) is 11.1. The SMILES string of the molecule is CCc1ccccc1Nc1nccc(C#N)n1. The van der Waals surface area contributed by atoms with Gasteiger partial charge in [-0.25, -0.2) is 9.97 Å². The third kappa shape index (κ3) is 2.58. The topological polar surface area (TPSA) is 61.6 Å². The quantitative estimate of drug-likeness (QED) is 0.870. The lowest BCUT2D eigenvalue weighted by atomic mass is 10.1. The maximum Gasteiger partial charge on any atom is 0.228 e. The van der Waals surface area contributed by atoms with Crippen LogP contribution in [0.1, 0.15) is 18.2 Å². The first-order valence-corrected chi connectivity index (χ1v) is 5.41. The highest BCUT2D eigenvalue weighted by Crippen LogP contribution is 2.18. The van der Waals surface area contributed by atoms with Gasteiger partial charge in [-0.1, -0.05) is 25.1 Å². The van der Waals surface area contributed by atoms with Crippen molar-refractivity contribution in [3.05, 3.63) is 47.8 Å². The fourth-order valence-corrected chi connectivity index (χ4v) is 1.55. The Hall–Kier alpha value is -2.41. The van der Waals surface area contributed by atoms with Crippen LogP contribution in [0.3, 0.4) is 0 Å². The Morgan fingerprint density at radius 2 is 2.12 bits per heavy atom. The molecule has 1 aromatic carbocycles. The average molecular weight is 224 g/mol. The molecule has 1 heterocycles. The van der Waals surface area contributed by atoms with Crippen molar-refractivity contribution in [1.29, 1.82) is 5.26 Å². The van der Waals surface area contributed by atoms with Crippen LogP contribution in [0.5, 0.6) is 0 Å². The third-order valence-electron chi connectivity index (χ3n) is 2.41. The van der Waals surface area contributed by atoms with Crippen LogP contribution in [-0.4, -0.2) is 9.97 Å². The molecular weight excluding hydrogens is 212 g/mol. The van der Waals surface area contributed by atoms with Crippen LogP contribution in [0, 0.1) is 11.3 Å². The van der Waals surface area contributed by atoms with Crippen LogP contribution < -0.4 is 5.32 Å². The van der Waals surface area contributed by atoms with Crippen molar-refractivity contribution in [3.63, 3.8) is 0 Å². The van der Waals surface area contributed by atoms with E-state index in [1.807, 2.05) is 24.3 Å². The Bertz CT molecular complexity index is 557. The molecule has 2 rings (SSSR count). The Morgan fingerprint density at radius 1 is 1.29 bits per heavy atom. The third-order valence-corrected chi connectivity index (χ3v) is 2.41. The molecule has 4 nitrogen and oxygen atoms in total. The standard InChI is InChI=1S/C13H12N4/c1-2-10-5-3-4-6-12(10)17-13-15-8-7-11(9-14)16-13/h3-8H,2H2,1H3,(H,15,16,17). The van der Waals surface area contributed by atoms with Gasteiger partial charge in [0.2, 0.25) is 5.95 Å². The molecule has 4 heteroatoms. The van der Waals surface area contributed by atoms with Crippen LogP contribution >= 0.6 is 0 Å². The molecule has 1 N–H and O–H groups in total. The van der Waals surface area contributed by atoms with E-state index in [1.165, 1.54) is 5.56 Å². The number of nitrogens with one attached hydrogen (secondary N) is 1. The van der Waals surface area contributed by atoms with Crippen LogP contribution in [-0.2, 0) is 6.42 Å². The number of benzene rings is 1. The number of nitrogens with zero attached hydrogens (tertiary/aromatic N) is 3. The zero-order valence-corrected chi connectivity index (χ0v) is 9.51. The lowest BCUT2D eigenvalue weighted by Crippen LogP contribution is -2.00. The van der Waals surface area contributed by atoms with Gasteiger partial charge in [-0.15, -0.1) is 0 Å². The van der Waals surface area contributed by atoms with Gasteiger partial charge in [0.25, 0.3) is 0 Å². The van der Waals surface area contributed by atoms with E-state index in [2.05, 4.69) is 28.3 Å². The molecular formula is C13H12N4. The van der Waals surface area contributed by atoms with Crippen LogP contribution in [0.4, 0.5) is 11.6 Å². The van der Waals surface area contributed by atoms with Crippen molar-refractivity contribution in [1.82, 2.24) is 9.97 Å². The lowest BCUT2D eigenvalue weighted by molar-refractivity contribution is 1.11. The maximum absolute atomic E-state index is 8.76. The summed E-state index contributed by atoms with van der Waals surface area (Å²) in [4.78, 5) is 8.16. The normalized spacial score (nSPS) is 9.65. The van der Waals surface area contributed by atoms with E-state index in [1.54, 1.807) is 12.3 Å². The largest absolute Gasteiger partial charge is 0.324 e.